The summed E-state index contributed by atoms with van der Waals surface area (Å²) in [6.07, 6.45) is 17.7. The maximum Gasteiger partial charge on any atom is 0.0575 e. The van der Waals surface area contributed by atoms with Gasteiger partial charge in [-0.15, -0.1) is 6.58 Å². The predicted octanol–water partition coefficient (Wildman–Crippen LogP) is 5.13. The van der Waals surface area contributed by atoms with Crippen LogP contribution in [-0.2, 0) is 4.74 Å². The number of rotatable bonds is 5. The van der Waals surface area contributed by atoms with Gasteiger partial charge in [-0.3, -0.25) is 0 Å². The summed E-state index contributed by atoms with van der Waals surface area (Å²) in [6.45, 7) is 7.04. The molecule has 0 radical (unpaired) electrons. The zero-order valence-electron chi connectivity index (χ0n) is 12.5. The minimum Gasteiger partial charge on any atom is -0.378 e. The number of allylic oxidation sites excluding steroid dienone is 3. The van der Waals surface area contributed by atoms with Gasteiger partial charge >= 0.3 is 0 Å². The van der Waals surface area contributed by atoms with Gasteiger partial charge in [0.1, 0.15) is 0 Å². The van der Waals surface area contributed by atoms with E-state index >= 15 is 0 Å². The molecule has 0 aliphatic heterocycles. The fourth-order valence-corrected chi connectivity index (χ4v) is 3.58. The number of ether oxygens (including phenoxy) is 1. The van der Waals surface area contributed by atoms with Gasteiger partial charge in [0.05, 0.1) is 6.10 Å². The molecule has 2 aliphatic carbocycles. The van der Waals surface area contributed by atoms with Crippen LogP contribution in [0.25, 0.3) is 0 Å². The summed E-state index contributed by atoms with van der Waals surface area (Å²) >= 11 is 0. The standard InChI is InChI=1S/C18H30O/c1-3-5-16-10-12-18(13-11-16)19-14-17-8-6-15(4-2)7-9-17/h3-5,15-18H,2,6-14H2,1H3. The lowest BCUT2D eigenvalue weighted by molar-refractivity contribution is -0.00521. The lowest BCUT2D eigenvalue weighted by Gasteiger charge is -2.31. The van der Waals surface area contributed by atoms with Crippen LogP contribution in [0.4, 0.5) is 0 Å². The van der Waals surface area contributed by atoms with E-state index < -0.39 is 0 Å². The Hall–Kier alpha value is -0.560. The first-order valence-electron chi connectivity index (χ1n) is 8.18. The van der Waals surface area contributed by atoms with E-state index in [9.17, 15) is 0 Å². The van der Waals surface area contributed by atoms with E-state index in [0.29, 0.717) is 6.10 Å². The Bertz CT molecular complexity index is 278. The quantitative estimate of drug-likeness (QED) is 0.624. The van der Waals surface area contributed by atoms with Crippen molar-refractivity contribution in [3.05, 3.63) is 24.8 Å². The Labute approximate surface area is 119 Å². The largest absolute Gasteiger partial charge is 0.378 e. The van der Waals surface area contributed by atoms with Gasteiger partial charge in [-0.2, -0.15) is 0 Å². The third-order valence-electron chi connectivity index (χ3n) is 4.98. The first-order chi connectivity index (χ1) is 9.31. The van der Waals surface area contributed by atoms with Gasteiger partial charge < -0.3 is 4.74 Å². The molecule has 0 aromatic heterocycles. The van der Waals surface area contributed by atoms with Gasteiger partial charge in [0.25, 0.3) is 0 Å². The van der Waals surface area contributed by atoms with E-state index in [-0.39, 0.29) is 0 Å². The van der Waals surface area contributed by atoms with E-state index in [4.69, 9.17) is 4.74 Å². The minimum atomic E-state index is 0.540. The lowest BCUT2D eigenvalue weighted by Crippen LogP contribution is -2.25. The summed E-state index contributed by atoms with van der Waals surface area (Å²) in [5.41, 5.74) is 0. The number of hydrogen-bond acceptors (Lipinski definition) is 1. The van der Waals surface area contributed by atoms with E-state index in [2.05, 4.69) is 31.7 Å². The Kier molecular flexibility index (Phi) is 6.16. The van der Waals surface area contributed by atoms with Crippen molar-refractivity contribution in [1.82, 2.24) is 0 Å². The normalized spacial score (nSPS) is 36.5. The third-order valence-corrected chi connectivity index (χ3v) is 4.98. The van der Waals surface area contributed by atoms with Crippen molar-refractivity contribution in [1.29, 1.82) is 0 Å². The summed E-state index contributed by atoms with van der Waals surface area (Å²) in [5, 5.41) is 0. The van der Waals surface area contributed by atoms with Crippen LogP contribution >= 0.6 is 0 Å². The van der Waals surface area contributed by atoms with Crippen molar-refractivity contribution in [3.63, 3.8) is 0 Å². The predicted molar refractivity (Wildman–Crippen MR) is 82.2 cm³/mol. The highest BCUT2D eigenvalue weighted by Crippen LogP contribution is 2.31. The van der Waals surface area contributed by atoms with Gasteiger partial charge in [0, 0.05) is 6.61 Å². The molecule has 0 bridgehead atoms. The summed E-state index contributed by atoms with van der Waals surface area (Å²) in [5.74, 6) is 2.39. The second-order valence-corrected chi connectivity index (χ2v) is 6.41. The minimum absolute atomic E-state index is 0.540. The van der Waals surface area contributed by atoms with Crippen molar-refractivity contribution in [2.75, 3.05) is 6.61 Å². The van der Waals surface area contributed by atoms with Crippen molar-refractivity contribution >= 4 is 0 Å². The Morgan fingerprint density at radius 3 is 2.16 bits per heavy atom. The lowest BCUT2D eigenvalue weighted by atomic mass is 9.82. The molecule has 0 N–H and O–H groups in total. The molecule has 108 valence electrons. The molecular formula is C18H30O. The molecule has 19 heavy (non-hydrogen) atoms. The molecule has 2 aliphatic rings. The van der Waals surface area contributed by atoms with Crippen LogP contribution in [-0.4, -0.2) is 12.7 Å². The first-order valence-corrected chi connectivity index (χ1v) is 8.18. The maximum absolute atomic E-state index is 6.17. The van der Waals surface area contributed by atoms with Gasteiger partial charge in [0.2, 0.25) is 0 Å². The molecule has 0 spiro atoms. The summed E-state index contributed by atoms with van der Waals surface area (Å²) in [7, 11) is 0. The zero-order chi connectivity index (χ0) is 13.5. The van der Waals surface area contributed by atoms with E-state index in [0.717, 1.165) is 24.4 Å². The Balaban J connectivity index is 1.60. The SMILES string of the molecule is C=CC1CCC(COC2CCC(C=CC)CC2)CC1. The monoisotopic (exact) mass is 262 g/mol. The molecule has 0 amide bonds. The fraction of sp³-hybridized carbons (Fsp3) is 0.778. The van der Waals surface area contributed by atoms with E-state index in [1.165, 1.54) is 51.4 Å². The molecule has 2 rings (SSSR count). The van der Waals surface area contributed by atoms with Gasteiger partial charge in [-0.1, -0.05) is 18.2 Å². The van der Waals surface area contributed by atoms with Gasteiger partial charge in [-0.25, -0.2) is 0 Å². The van der Waals surface area contributed by atoms with Crippen molar-refractivity contribution in [2.24, 2.45) is 17.8 Å². The van der Waals surface area contributed by atoms with Crippen LogP contribution in [0.1, 0.15) is 58.3 Å². The molecule has 0 aromatic rings. The van der Waals surface area contributed by atoms with Gasteiger partial charge in [0.15, 0.2) is 0 Å². The molecule has 2 fully saturated rings. The zero-order valence-corrected chi connectivity index (χ0v) is 12.5. The maximum atomic E-state index is 6.17. The van der Waals surface area contributed by atoms with Crippen LogP contribution in [0.2, 0.25) is 0 Å². The summed E-state index contributed by atoms with van der Waals surface area (Å²) in [6, 6.07) is 0. The molecule has 0 atom stereocenters. The van der Waals surface area contributed by atoms with Crippen molar-refractivity contribution < 1.29 is 4.74 Å². The van der Waals surface area contributed by atoms with Crippen LogP contribution < -0.4 is 0 Å². The molecular weight excluding hydrogens is 232 g/mol. The highest BCUT2D eigenvalue weighted by molar-refractivity contribution is 4.89. The highest BCUT2D eigenvalue weighted by Gasteiger charge is 2.23. The van der Waals surface area contributed by atoms with E-state index in [1.807, 2.05) is 0 Å². The van der Waals surface area contributed by atoms with Crippen LogP contribution in [0, 0.1) is 17.8 Å². The van der Waals surface area contributed by atoms with Crippen LogP contribution in [0.15, 0.2) is 24.8 Å². The van der Waals surface area contributed by atoms with Crippen LogP contribution in [0.5, 0.6) is 0 Å². The smallest absolute Gasteiger partial charge is 0.0575 e. The summed E-state index contributed by atoms with van der Waals surface area (Å²) in [4.78, 5) is 0. The number of hydrogen-bond donors (Lipinski definition) is 0. The molecule has 2 saturated carbocycles. The average molecular weight is 262 g/mol. The third kappa shape index (κ3) is 4.80. The first kappa shape index (κ1) is 14.8. The second-order valence-electron chi connectivity index (χ2n) is 6.41. The average Bonchev–Trinajstić information content (AvgIpc) is 2.47. The molecule has 1 nitrogen and oxygen atoms in total. The fourth-order valence-electron chi connectivity index (χ4n) is 3.58. The van der Waals surface area contributed by atoms with E-state index in [1.54, 1.807) is 0 Å². The highest BCUT2D eigenvalue weighted by atomic mass is 16.5. The van der Waals surface area contributed by atoms with Gasteiger partial charge in [-0.05, 0) is 76.0 Å². The molecule has 0 unspecified atom stereocenters. The van der Waals surface area contributed by atoms with Crippen molar-refractivity contribution in [2.45, 2.75) is 64.4 Å². The second kappa shape index (κ2) is 7.89. The molecule has 0 heterocycles. The Morgan fingerprint density at radius 1 is 0.947 bits per heavy atom. The van der Waals surface area contributed by atoms with Crippen molar-refractivity contribution in [3.8, 4) is 0 Å². The Morgan fingerprint density at radius 2 is 1.58 bits per heavy atom. The molecule has 0 aromatic carbocycles. The van der Waals surface area contributed by atoms with Crippen LogP contribution in [0.3, 0.4) is 0 Å². The molecule has 0 saturated heterocycles. The topological polar surface area (TPSA) is 9.23 Å². The molecule has 1 heteroatoms. The summed E-state index contributed by atoms with van der Waals surface area (Å²) < 4.78 is 6.17.